The van der Waals surface area contributed by atoms with Crippen molar-refractivity contribution in [1.82, 2.24) is 14.9 Å². The second kappa shape index (κ2) is 6.11. The maximum absolute atomic E-state index is 12.2. The minimum absolute atomic E-state index is 0.157. The molecule has 0 aliphatic heterocycles. The van der Waals surface area contributed by atoms with Crippen LogP contribution >= 0.6 is 0 Å². The smallest absolute Gasteiger partial charge is 0.306 e. The molecule has 1 aliphatic rings. The molecule has 0 radical (unpaired) electrons. The van der Waals surface area contributed by atoms with Crippen molar-refractivity contribution in [2.24, 2.45) is 5.92 Å². The van der Waals surface area contributed by atoms with Crippen molar-refractivity contribution in [2.45, 2.75) is 18.9 Å². The monoisotopic (exact) mass is 330 g/mol. The van der Waals surface area contributed by atoms with Crippen molar-refractivity contribution in [3.63, 3.8) is 0 Å². The first-order chi connectivity index (χ1) is 11.5. The van der Waals surface area contributed by atoms with Crippen LogP contribution in [0.3, 0.4) is 0 Å². The number of carbonyl (C=O) groups is 2. The Morgan fingerprint density at radius 2 is 2.12 bits per heavy atom. The van der Waals surface area contributed by atoms with E-state index in [0.717, 1.165) is 0 Å². The number of carboxylic acids is 1. The number of nitro benzene ring substituents is 1. The molecule has 2 N–H and O–H groups in total. The predicted molar refractivity (Wildman–Crippen MR) is 81.8 cm³/mol. The summed E-state index contributed by atoms with van der Waals surface area (Å²) in [5.41, 5.74) is 0.255. The lowest BCUT2D eigenvalue weighted by molar-refractivity contribution is -0.384. The lowest BCUT2D eigenvalue weighted by Gasteiger charge is -2.32. The molecule has 124 valence electrons. The molecule has 3 rings (SSSR count). The van der Waals surface area contributed by atoms with Gasteiger partial charge in [-0.1, -0.05) is 0 Å². The van der Waals surface area contributed by atoms with Gasteiger partial charge in [-0.3, -0.25) is 19.7 Å². The van der Waals surface area contributed by atoms with Crippen molar-refractivity contribution in [3.05, 3.63) is 52.6 Å². The molecule has 0 atom stereocenters. The molecule has 0 saturated heterocycles. The van der Waals surface area contributed by atoms with Crippen molar-refractivity contribution in [2.75, 3.05) is 0 Å². The van der Waals surface area contributed by atoms with Crippen LogP contribution in [0.5, 0.6) is 0 Å². The zero-order chi connectivity index (χ0) is 17.3. The van der Waals surface area contributed by atoms with E-state index in [9.17, 15) is 19.7 Å². The Bertz CT molecular complexity index is 796. The third-order valence-electron chi connectivity index (χ3n) is 4.04. The number of aliphatic carboxylic acids is 1. The Labute approximate surface area is 136 Å². The number of carboxylic acid groups (broad SMARTS) is 1. The molecule has 1 aromatic carbocycles. The molecule has 1 heterocycles. The average Bonchev–Trinajstić information content (AvgIpc) is 3.03. The number of benzene rings is 1. The maximum Gasteiger partial charge on any atom is 0.306 e. The fraction of sp³-hybridized carbons (Fsp3) is 0.267. The standard InChI is InChI=1S/C15H14N4O5/c20-14(17-11-5-10(6-11)15(21)22)9-1-2-12(13(7-9)19(23)24)18-4-3-16-8-18/h1-4,7-8,10-11H,5-6H2,(H,17,20)(H,21,22). The van der Waals surface area contributed by atoms with Crippen LogP contribution in [0.2, 0.25) is 0 Å². The molecule has 0 bridgehead atoms. The van der Waals surface area contributed by atoms with Crippen LogP contribution in [0.1, 0.15) is 23.2 Å². The highest BCUT2D eigenvalue weighted by atomic mass is 16.6. The van der Waals surface area contributed by atoms with Gasteiger partial charge in [0.15, 0.2) is 0 Å². The van der Waals surface area contributed by atoms with Crippen LogP contribution in [-0.4, -0.2) is 37.5 Å². The maximum atomic E-state index is 12.2. The number of hydrogen-bond donors (Lipinski definition) is 2. The third kappa shape index (κ3) is 2.96. The SMILES string of the molecule is O=C(NC1CC(C(=O)O)C1)c1ccc(-n2ccnc2)c([N+](=O)[O-])c1. The highest BCUT2D eigenvalue weighted by Gasteiger charge is 2.35. The first-order valence-electron chi connectivity index (χ1n) is 7.26. The topological polar surface area (TPSA) is 127 Å². The molecule has 1 saturated carbocycles. The summed E-state index contributed by atoms with van der Waals surface area (Å²) in [6.07, 6.45) is 5.25. The second-order valence-corrected chi connectivity index (χ2v) is 5.61. The summed E-state index contributed by atoms with van der Waals surface area (Å²) in [5, 5.41) is 22.8. The molecule has 1 amide bonds. The van der Waals surface area contributed by atoms with Gasteiger partial charge in [0.1, 0.15) is 5.69 Å². The summed E-state index contributed by atoms with van der Waals surface area (Å²) in [7, 11) is 0. The normalized spacial score (nSPS) is 19.3. The molecule has 9 heteroatoms. The van der Waals surface area contributed by atoms with Crippen LogP contribution in [0, 0.1) is 16.0 Å². The number of amides is 1. The second-order valence-electron chi connectivity index (χ2n) is 5.61. The summed E-state index contributed by atoms with van der Waals surface area (Å²) in [6.45, 7) is 0. The molecule has 9 nitrogen and oxygen atoms in total. The van der Waals surface area contributed by atoms with E-state index < -0.39 is 22.7 Å². The van der Waals surface area contributed by atoms with E-state index in [1.54, 1.807) is 6.20 Å². The minimum Gasteiger partial charge on any atom is -0.481 e. The van der Waals surface area contributed by atoms with Crippen LogP contribution in [-0.2, 0) is 4.79 Å². The number of rotatable bonds is 5. The van der Waals surface area contributed by atoms with E-state index in [2.05, 4.69) is 10.3 Å². The summed E-state index contributed by atoms with van der Waals surface area (Å²) in [6, 6.07) is 3.96. The molecule has 0 unspecified atom stereocenters. The Balaban J connectivity index is 1.77. The van der Waals surface area contributed by atoms with Gasteiger partial charge in [-0.25, -0.2) is 4.98 Å². The molecule has 2 aromatic rings. The zero-order valence-corrected chi connectivity index (χ0v) is 12.5. The van der Waals surface area contributed by atoms with Crippen LogP contribution < -0.4 is 5.32 Å². The summed E-state index contributed by atoms with van der Waals surface area (Å²) >= 11 is 0. The molecule has 24 heavy (non-hydrogen) atoms. The van der Waals surface area contributed by atoms with Gasteiger partial charge in [-0.2, -0.15) is 0 Å². The number of hydrogen-bond acceptors (Lipinski definition) is 5. The summed E-state index contributed by atoms with van der Waals surface area (Å²) in [5.74, 6) is -1.77. The van der Waals surface area contributed by atoms with Crippen molar-refractivity contribution < 1.29 is 19.6 Å². The average molecular weight is 330 g/mol. The molecule has 1 fully saturated rings. The largest absolute Gasteiger partial charge is 0.481 e. The van der Waals surface area contributed by atoms with E-state index >= 15 is 0 Å². The Kier molecular flexibility index (Phi) is 3.98. The minimum atomic E-state index is -0.874. The van der Waals surface area contributed by atoms with Crippen LogP contribution in [0.4, 0.5) is 5.69 Å². The van der Waals surface area contributed by atoms with Crippen LogP contribution in [0.15, 0.2) is 36.9 Å². The number of nitro groups is 1. The Morgan fingerprint density at radius 3 is 2.71 bits per heavy atom. The fourth-order valence-electron chi connectivity index (χ4n) is 2.64. The Hall–Kier alpha value is -3.23. The summed E-state index contributed by atoms with van der Waals surface area (Å²) in [4.78, 5) is 37.5. The van der Waals surface area contributed by atoms with E-state index in [4.69, 9.17) is 5.11 Å². The highest BCUT2D eigenvalue weighted by molar-refractivity contribution is 5.95. The molecule has 0 spiro atoms. The van der Waals surface area contributed by atoms with E-state index in [0.29, 0.717) is 18.5 Å². The van der Waals surface area contributed by atoms with E-state index in [1.165, 1.54) is 35.3 Å². The van der Waals surface area contributed by atoms with Gasteiger partial charge in [-0.05, 0) is 25.0 Å². The van der Waals surface area contributed by atoms with Crippen molar-refractivity contribution in [1.29, 1.82) is 0 Å². The number of imidazole rings is 1. The number of nitrogens with one attached hydrogen (secondary N) is 1. The lowest BCUT2D eigenvalue weighted by atomic mass is 9.80. The lowest BCUT2D eigenvalue weighted by Crippen LogP contribution is -2.46. The van der Waals surface area contributed by atoms with Gasteiger partial charge < -0.3 is 15.0 Å². The number of nitrogens with zero attached hydrogens (tertiary/aromatic N) is 3. The van der Waals surface area contributed by atoms with Gasteiger partial charge in [0.2, 0.25) is 0 Å². The van der Waals surface area contributed by atoms with Crippen molar-refractivity contribution in [3.8, 4) is 5.69 Å². The number of carbonyl (C=O) groups excluding carboxylic acids is 1. The van der Waals surface area contributed by atoms with Crippen LogP contribution in [0.25, 0.3) is 5.69 Å². The van der Waals surface area contributed by atoms with Gasteiger partial charge in [0.05, 0.1) is 17.2 Å². The summed E-state index contributed by atoms with van der Waals surface area (Å²) < 4.78 is 1.49. The Morgan fingerprint density at radius 1 is 1.38 bits per heavy atom. The fourth-order valence-corrected chi connectivity index (χ4v) is 2.64. The van der Waals surface area contributed by atoms with E-state index in [-0.39, 0.29) is 17.3 Å². The molecule has 1 aliphatic carbocycles. The van der Waals surface area contributed by atoms with Crippen molar-refractivity contribution >= 4 is 17.6 Å². The number of aromatic nitrogens is 2. The highest BCUT2D eigenvalue weighted by Crippen LogP contribution is 2.28. The first-order valence-corrected chi connectivity index (χ1v) is 7.26. The first kappa shape index (κ1) is 15.7. The van der Waals surface area contributed by atoms with Gasteiger partial charge >= 0.3 is 5.97 Å². The zero-order valence-electron chi connectivity index (χ0n) is 12.5. The van der Waals surface area contributed by atoms with Gasteiger partial charge in [0.25, 0.3) is 11.6 Å². The van der Waals surface area contributed by atoms with Gasteiger partial charge in [0, 0.05) is 30.1 Å². The van der Waals surface area contributed by atoms with E-state index in [1.807, 2.05) is 0 Å². The molecular weight excluding hydrogens is 316 g/mol. The molecular formula is C15H14N4O5. The quantitative estimate of drug-likeness (QED) is 0.629. The van der Waals surface area contributed by atoms with Gasteiger partial charge in [-0.15, -0.1) is 0 Å². The predicted octanol–water partition coefficient (Wildman–Crippen LogP) is 1.37. The molecule has 1 aromatic heterocycles. The third-order valence-corrected chi connectivity index (χ3v) is 4.04.